The van der Waals surface area contributed by atoms with Crippen molar-refractivity contribution in [1.29, 1.82) is 0 Å². The number of aliphatic hydroxyl groups is 2. The Morgan fingerprint density at radius 3 is 2.50 bits per heavy atom. The van der Waals surface area contributed by atoms with E-state index in [2.05, 4.69) is 32.2 Å². The predicted octanol–water partition coefficient (Wildman–Crippen LogP) is 5.99. The number of ether oxygens (including phenoxy) is 1. The normalized spacial score (nSPS) is 25.5. The van der Waals surface area contributed by atoms with Gasteiger partial charge in [-0.3, -0.25) is 4.79 Å². The van der Waals surface area contributed by atoms with Gasteiger partial charge in [0.1, 0.15) is 5.76 Å². The molecule has 0 spiro atoms. The van der Waals surface area contributed by atoms with E-state index < -0.39 is 6.10 Å². The number of carbonyl (C=O) groups is 1. The number of hydrogen-bond donors (Lipinski definition) is 3. The van der Waals surface area contributed by atoms with Crippen molar-refractivity contribution in [2.45, 2.75) is 73.3 Å². The first-order valence-corrected chi connectivity index (χ1v) is 14.8. The zero-order valence-electron chi connectivity index (χ0n) is 25.3. The summed E-state index contributed by atoms with van der Waals surface area (Å²) in [6, 6.07) is 0. The van der Waals surface area contributed by atoms with Gasteiger partial charge in [0.25, 0.3) is 0 Å². The topological polar surface area (TPSA) is 116 Å². The Labute approximate surface area is 246 Å². The molecule has 1 unspecified atom stereocenters. The lowest BCUT2D eigenvalue weighted by Gasteiger charge is -2.17. The first kappa shape index (κ1) is 28.1. The van der Waals surface area contributed by atoms with Crippen molar-refractivity contribution in [3.63, 3.8) is 0 Å². The van der Waals surface area contributed by atoms with E-state index in [0.717, 1.165) is 85.4 Å². The third-order valence-electron chi connectivity index (χ3n) is 9.41. The van der Waals surface area contributed by atoms with E-state index in [1.54, 1.807) is 6.92 Å². The monoisotopic (exact) mass is 568 g/mol. The lowest BCUT2D eigenvalue weighted by Crippen LogP contribution is -2.16. The Bertz CT molecular complexity index is 1680. The molecule has 5 heterocycles. The van der Waals surface area contributed by atoms with E-state index in [-0.39, 0.29) is 24.2 Å². The molecule has 8 nitrogen and oxygen atoms in total. The van der Waals surface area contributed by atoms with Crippen LogP contribution in [0.25, 0.3) is 0 Å². The average Bonchev–Trinajstić information content (AvgIpc) is 3.70. The van der Waals surface area contributed by atoms with E-state index >= 15 is 0 Å². The fourth-order valence-corrected chi connectivity index (χ4v) is 7.03. The third kappa shape index (κ3) is 4.31. The maximum atomic E-state index is 12.2. The molecule has 42 heavy (non-hydrogen) atoms. The smallest absolute Gasteiger partial charge is 0.305 e. The fraction of sp³-hybridized carbons (Fsp3) is 0.412. The van der Waals surface area contributed by atoms with Gasteiger partial charge in [0.2, 0.25) is 0 Å². The molecule has 1 saturated heterocycles. The lowest BCUT2D eigenvalue weighted by molar-refractivity contribution is -0.140. The minimum absolute atomic E-state index is 0.00465. The highest BCUT2D eigenvalue weighted by Crippen LogP contribution is 2.46. The molecule has 0 saturated carbocycles. The summed E-state index contributed by atoms with van der Waals surface area (Å²) in [5.41, 5.74) is 13.3. The van der Waals surface area contributed by atoms with Crippen molar-refractivity contribution in [3.8, 4) is 0 Å². The number of fused-ring (bicyclic) bond motifs is 5. The second kappa shape index (κ2) is 10.3. The van der Waals surface area contributed by atoms with Crippen molar-refractivity contribution in [3.05, 3.63) is 91.5 Å². The van der Waals surface area contributed by atoms with Crippen LogP contribution in [0.5, 0.6) is 0 Å². The van der Waals surface area contributed by atoms with E-state index in [0.29, 0.717) is 24.3 Å². The minimum Gasteiger partial charge on any atom is -0.511 e. The van der Waals surface area contributed by atoms with Crippen molar-refractivity contribution >= 4 is 23.1 Å². The zero-order valence-corrected chi connectivity index (χ0v) is 25.3. The molecule has 0 aromatic carbocycles. The molecule has 6 rings (SSSR count). The Balaban J connectivity index is 1.60. The summed E-state index contributed by atoms with van der Waals surface area (Å²) in [5, 5.41) is 25.7. The Hall–Kier alpha value is -4.04. The van der Waals surface area contributed by atoms with Crippen LogP contribution >= 0.6 is 0 Å². The van der Waals surface area contributed by atoms with Gasteiger partial charge in [-0.05, 0) is 81.1 Å². The second-order valence-corrected chi connectivity index (χ2v) is 11.8. The van der Waals surface area contributed by atoms with Crippen LogP contribution in [0.3, 0.4) is 0 Å². The number of esters is 1. The maximum Gasteiger partial charge on any atom is 0.305 e. The molecule has 0 amide bonds. The molecular weight excluding hydrogens is 530 g/mol. The number of nitrogens with zero attached hydrogens (tertiary/aromatic N) is 3. The van der Waals surface area contributed by atoms with Crippen LogP contribution in [0, 0.1) is 11.8 Å². The summed E-state index contributed by atoms with van der Waals surface area (Å²) < 4.78 is 4.97. The molecule has 0 radical (unpaired) electrons. The number of carbonyl (C=O) groups excluding carboxylic acids is 1. The molecule has 6 aliphatic rings. The molecule has 1 aliphatic carbocycles. The van der Waals surface area contributed by atoms with E-state index in [1.165, 1.54) is 7.11 Å². The van der Waals surface area contributed by atoms with Crippen LogP contribution in [-0.2, 0) is 9.53 Å². The highest BCUT2D eigenvalue weighted by atomic mass is 18.2. The first-order valence-electron chi connectivity index (χ1n) is 14.8. The summed E-state index contributed by atoms with van der Waals surface area (Å²) in [5.74, 6) is 0.109. The van der Waals surface area contributed by atoms with E-state index in [4.69, 9.17) is 19.7 Å². The van der Waals surface area contributed by atoms with Gasteiger partial charge in [0.05, 0.1) is 47.4 Å². The molecule has 5 aliphatic heterocycles. The Morgan fingerprint density at radius 1 is 1.10 bits per heavy atom. The summed E-state index contributed by atoms with van der Waals surface area (Å²) >= 11 is 0. The third-order valence-corrected chi connectivity index (χ3v) is 9.41. The van der Waals surface area contributed by atoms with Crippen molar-refractivity contribution in [1.82, 2.24) is 5.32 Å². The summed E-state index contributed by atoms with van der Waals surface area (Å²) in [4.78, 5) is 27.3. The zero-order chi connectivity index (χ0) is 30.0. The first-order chi connectivity index (χ1) is 20.0. The van der Waals surface area contributed by atoms with E-state index in [9.17, 15) is 15.0 Å². The van der Waals surface area contributed by atoms with Crippen molar-refractivity contribution in [2.24, 2.45) is 26.8 Å². The van der Waals surface area contributed by atoms with Gasteiger partial charge in [-0.15, -0.1) is 0 Å². The predicted molar refractivity (Wildman–Crippen MR) is 165 cm³/mol. The number of methoxy groups -OCH3 is 1. The SMILES string of the molecule is CCC1=C(C)C2=NC1=CC1=C(C)C3=C([18OH])CC(=C4NC(=CC5=NC(=C2)C(C(C)O)=C5C)[C@@H](C)[C@@H]4CCC(=O)OC)C3=N1. The minimum atomic E-state index is -0.700. The largest absolute Gasteiger partial charge is 0.511 e. The van der Waals surface area contributed by atoms with E-state index in [1.807, 2.05) is 26.0 Å². The van der Waals surface area contributed by atoms with Gasteiger partial charge < -0.3 is 20.3 Å². The quantitative estimate of drug-likeness (QED) is 0.278. The van der Waals surface area contributed by atoms with Gasteiger partial charge in [-0.2, -0.15) is 0 Å². The molecule has 3 atom stereocenters. The van der Waals surface area contributed by atoms with Gasteiger partial charge in [-0.25, -0.2) is 15.0 Å². The number of nitrogens with one attached hydrogen (secondary N) is 1. The molecule has 8 bridgehead atoms. The molecule has 3 N–H and O–H groups in total. The molecule has 0 aromatic heterocycles. The van der Waals surface area contributed by atoms with Gasteiger partial charge in [0.15, 0.2) is 0 Å². The molecular formula is C34H38N4O4. The molecule has 8 heteroatoms. The number of rotatable bonds is 5. The molecule has 218 valence electrons. The van der Waals surface area contributed by atoms with Crippen LogP contribution in [0.2, 0.25) is 0 Å². The number of aliphatic imine (C=N–C) groups is 3. The van der Waals surface area contributed by atoms with Crippen LogP contribution < -0.4 is 5.32 Å². The molecule has 0 aromatic rings. The number of hydrogen-bond acceptors (Lipinski definition) is 8. The van der Waals surface area contributed by atoms with Gasteiger partial charge in [0, 0.05) is 52.8 Å². The van der Waals surface area contributed by atoms with Crippen molar-refractivity contribution in [2.75, 3.05) is 7.11 Å². The Morgan fingerprint density at radius 2 is 1.81 bits per heavy atom. The van der Waals surface area contributed by atoms with Crippen LogP contribution in [0.4, 0.5) is 0 Å². The number of allylic oxidation sites excluding steroid dienone is 11. The standard InChI is InChI=1S/C34H38N4O4/c1-8-20-15(2)23-14-28-31(19(6)39)17(4)25(36-28)12-24-16(3)21(9-10-30(41)42-7)33(37-24)22-11-29(40)32-18(5)26(38-34(22)32)13-27(20)35-23/h12-14,16,19,21,37,39-40H,8-11H2,1-7H3/t16-,19?,21-/m0/s1/i40+2. The second-order valence-electron chi connectivity index (χ2n) is 11.8. The summed E-state index contributed by atoms with van der Waals surface area (Å²) in [6.45, 7) is 12.1. The van der Waals surface area contributed by atoms with Gasteiger partial charge >= 0.3 is 5.97 Å². The highest BCUT2D eigenvalue weighted by molar-refractivity contribution is 6.21. The van der Waals surface area contributed by atoms with Crippen LogP contribution in [0.15, 0.2) is 106 Å². The lowest BCUT2D eigenvalue weighted by atomic mass is 9.86. The summed E-state index contributed by atoms with van der Waals surface area (Å²) in [7, 11) is 1.41. The average molecular weight is 569 g/mol. The van der Waals surface area contributed by atoms with Crippen LogP contribution in [0.1, 0.15) is 67.2 Å². The Kier molecular flexibility index (Phi) is 6.92. The highest BCUT2D eigenvalue weighted by Gasteiger charge is 2.41. The van der Waals surface area contributed by atoms with Crippen LogP contribution in [-0.4, -0.2) is 46.5 Å². The fourth-order valence-electron chi connectivity index (χ4n) is 7.03. The summed E-state index contributed by atoms with van der Waals surface area (Å²) in [6.07, 6.45) is 7.43. The van der Waals surface area contributed by atoms with Gasteiger partial charge in [-0.1, -0.05) is 13.8 Å². The molecule has 1 fully saturated rings. The maximum absolute atomic E-state index is 12.2. The van der Waals surface area contributed by atoms with Crippen molar-refractivity contribution < 1.29 is 19.7 Å². The number of aliphatic hydroxyl groups excluding tert-OH is 2.